The first-order chi connectivity index (χ1) is 48.1. The van der Waals surface area contributed by atoms with Crippen molar-refractivity contribution in [2.24, 2.45) is 11.3 Å². The number of esters is 1. The zero-order chi connectivity index (χ0) is 87.8. The summed E-state index contributed by atoms with van der Waals surface area (Å²) in [6, 6.07) is 41.0. The van der Waals surface area contributed by atoms with Crippen LogP contribution in [0.25, 0.3) is 0 Å². The zero-order valence-corrected chi connectivity index (χ0v) is 80.8. The number of carbonyl (C=O) groups is 3. The van der Waals surface area contributed by atoms with E-state index in [2.05, 4.69) is 203 Å². The standard InChI is InChI=1S/C12H18.4C7H8.C5H12.C4H10.C3H9N.C3H6O3.C3H6O2.C3H6O.C3H8.C2H6O3S.C2H6O.C2H6S.10C2H6/c1-7-8(2)10(4)12(6)11(5)9(7)3;4*1-7-5-3-2-4-6-7;1-5(2,3)4;2*1-4(2)3;1-5-3(4)6-2;1-3(4)5-2;1-3(2)4;1-3-2;1-5-6(2,3)4;2*1-3-2;10*1-2/h1-6H3;4*2-6H,1H3;1-4H3;4H,1-3H3;1-3H3;1-2H3;1-2H3;1-2H3;3H2,1-2H3;1-2H3;2*1-2H3;10*1-2H3. The fraction of sp³-hybridized carbons (Fsp3) is 0.633. The van der Waals surface area contributed by atoms with Crippen molar-refractivity contribution < 1.29 is 45.9 Å². The minimum Gasteiger partial charge on any atom is -0.469 e. The molecule has 11 nitrogen and oxygen atoms in total. The third-order valence-electron chi connectivity index (χ3n) is 8.06. The van der Waals surface area contributed by atoms with Gasteiger partial charge >= 0.3 is 12.1 Å². The normalized spacial score (nSPS) is 7.65. The number of benzene rings is 5. The molecule has 103 heavy (non-hydrogen) atoms. The summed E-state index contributed by atoms with van der Waals surface area (Å²) in [6.07, 6.45) is 5.67. The van der Waals surface area contributed by atoms with Crippen molar-refractivity contribution in [3.05, 3.63) is 177 Å². The first-order valence-electron chi connectivity index (χ1n) is 37.5. The lowest BCUT2D eigenvalue weighted by Gasteiger charge is -2.15. The van der Waals surface area contributed by atoms with Gasteiger partial charge in [-0.25, -0.2) is 4.79 Å². The van der Waals surface area contributed by atoms with E-state index in [-0.39, 0.29) is 11.8 Å². The van der Waals surface area contributed by atoms with Crippen molar-refractivity contribution >= 4 is 39.8 Å². The van der Waals surface area contributed by atoms with E-state index in [1.54, 1.807) is 26.0 Å². The zero-order valence-electron chi connectivity index (χ0n) is 79.2. The number of rotatable bonds is 1. The molecule has 13 heteroatoms. The summed E-state index contributed by atoms with van der Waals surface area (Å²) in [5, 5.41) is 0. The second-order valence-corrected chi connectivity index (χ2v) is 23.7. The Hall–Kier alpha value is -5.31. The molecule has 622 valence electrons. The molecule has 0 aliphatic rings. The van der Waals surface area contributed by atoms with Crippen LogP contribution in [0.5, 0.6) is 0 Å². The molecule has 5 aromatic carbocycles. The predicted octanol–water partition coefficient (Wildman–Crippen LogP) is 29.1. The van der Waals surface area contributed by atoms with E-state index in [4.69, 9.17) is 0 Å². The first kappa shape index (κ1) is 151. The van der Waals surface area contributed by atoms with Crippen molar-refractivity contribution in [3.8, 4) is 0 Å². The van der Waals surface area contributed by atoms with Crippen molar-refractivity contribution in [1.82, 2.24) is 4.90 Å². The van der Waals surface area contributed by atoms with Crippen molar-refractivity contribution in [3.63, 3.8) is 0 Å². The maximum absolute atomic E-state index is 9.78. The molecule has 0 unspecified atom stereocenters. The second kappa shape index (κ2) is 143. The summed E-state index contributed by atoms with van der Waals surface area (Å²) < 4.78 is 39.9. The van der Waals surface area contributed by atoms with Crippen LogP contribution in [-0.2, 0) is 42.8 Å². The van der Waals surface area contributed by atoms with Gasteiger partial charge in [-0.1, -0.05) is 351 Å². The lowest BCUT2D eigenvalue weighted by atomic mass is 9.90. The van der Waals surface area contributed by atoms with Crippen LogP contribution in [0.15, 0.2) is 121 Å². The molecule has 0 N–H and O–H groups in total. The van der Waals surface area contributed by atoms with Gasteiger partial charge in [-0.2, -0.15) is 20.2 Å². The molecule has 0 bridgehead atoms. The number of Topliss-reactive ketones (excluding diaryl/α,β-unsaturated/α-hetero) is 1. The first-order valence-corrected chi connectivity index (χ1v) is 41.0. The molecule has 5 rings (SSSR count). The SMILES string of the molecule is CC.CC.CC.CC.CC.CC.CC.CC.CC.CC.CC(C)(C)C.CC(C)=O.CC(C)C.CCC.CN(C)C.COC.COC(=O)OC.COC(C)=O.COS(C)(=O)=O.CSC.Cc1c(C)c(C)c(C)c(C)c1C.Cc1ccccc1.Cc1ccccc1.Cc1ccccc1.Cc1ccccc1. The van der Waals surface area contributed by atoms with Crippen LogP contribution >= 0.6 is 11.8 Å². The Morgan fingerprint density at radius 1 is 0.388 bits per heavy atom. The van der Waals surface area contributed by atoms with Gasteiger partial charge in [0, 0.05) is 21.1 Å². The average Bonchev–Trinajstić information content (AvgIpc) is 0.813. The van der Waals surface area contributed by atoms with Gasteiger partial charge in [0.05, 0.1) is 34.7 Å². The summed E-state index contributed by atoms with van der Waals surface area (Å²) in [5.41, 5.74) is 14.5. The van der Waals surface area contributed by atoms with Gasteiger partial charge in [-0.15, -0.1) is 0 Å². The van der Waals surface area contributed by atoms with E-state index in [0.717, 1.165) is 19.3 Å². The number of hydrogen-bond donors (Lipinski definition) is 0. The maximum atomic E-state index is 9.78. The molecule has 0 saturated carbocycles. The number of thioether (sulfide) groups is 1. The fourth-order valence-electron chi connectivity index (χ4n) is 3.91. The summed E-state index contributed by atoms with van der Waals surface area (Å²) >= 11 is 1.75. The number of carbonyl (C=O) groups excluding carboxylic acids is 3. The van der Waals surface area contributed by atoms with Gasteiger partial charge in [0.1, 0.15) is 5.78 Å². The van der Waals surface area contributed by atoms with E-state index in [1.807, 2.05) is 250 Å². The second-order valence-electron chi connectivity index (χ2n) is 21.1. The van der Waals surface area contributed by atoms with Crippen molar-refractivity contribution in [1.29, 1.82) is 0 Å². The molecule has 0 aliphatic heterocycles. The molecule has 0 heterocycles. The average molecular weight is 1510 g/mol. The summed E-state index contributed by atoms with van der Waals surface area (Å²) in [4.78, 5) is 30.8. The Labute approximate surface area is 654 Å². The van der Waals surface area contributed by atoms with Crippen LogP contribution in [0.1, 0.15) is 284 Å². The van der Waals surface area contributed by atoms with Crippen LogP contribution in [0.3, 0.4) is 0 Å². The number of nitrogens with zero attached hydrogens (tertiary/aromatic N) is 1. The maximum Gasteiger partial charge on any atom is 0.507 e. The van der Waals surface area contributed by atoms with Crippen molar-refractivity contribution in [2.45, 2.75) is 297 Å². The lowest BCUT2D eigenvalue weighted by molar-refractivity contribution is -0.138. The minimum atomic E-state index is -3.16. The van der Waals surface area contributed by atoms with Gasteiger partial charge in [-0.3, -0.25) is 8.98 Å². The van der Waals surface area contributed by atoms with Crippen LogP contribution in [0, 0.1) is 80.6 Å². The Balaban J connectivity index is -0.0000000396. The molecule has 0 radical (unpaired) electrons. The highest BCUT2D eigenvalue weighted by molar-refractivity contribution is 7.97. The predicted molar refractivity (Wildman–Crippen MR) is 482 cm³/mol. The van der Waals surface area contributed by atoms with Crippen LogP contribution in [-0.4, -0.2) is 114 Å². The van der Waals surface area contributed by atoms with Crippen LogP contribution < -0.4 is 0 Å². The van der Waals surface area contributed by atoms with Crippen LogP contribution in [0.4, 0.5) is 4.79 Å². The van der Waals surface area contributed by atoms with E-state index in [1.165, 1.54) is 104 Å². The monoisotopic (exact) mass is 1500 g/mol. The fourth-order valence-corrected chi connectivity index (χ4v) is 3.91. The topological polar surface area (TPSA) is 135 Å². The highest BCUT2D eigenvalue weighted by atomic mass is 32.2. The van der Waals surface area contributed by atoms with Crippen molar-refractivity contribution in [2.75, 3.05) is 82.6 Å². The highest BCUT2D eigenvalue weighted by Crippen LogP contribution is 2.24. The van der Waals surface area contributed by atoms with Gasteiger partial charge < -0.3 is 28.6 Å². The number of ether oxygens (including phenoxy) is 4. The van der Waals surface area contributed by atoms with E-state index in [0.29, 0.717) is 5.41 Å². The molecule has 0 atom stereocenters. The molecule has 0 aliphatic carbocycles. The largest absolute Gasteiger partial charge is 0.507 e. The number of aryl methyl sites for hydroxylation is 4. The van der Waals surface area contributed by atoms with Gasteiger partial charge in [0.2, 0.25) is 0 Å². The number of methoxy groups -OCH3 is 4. The minimum absolute atomic E-state index is 0.167. The van der Waals surface area contributed by atoms with Gasteiger partial charge in [0.25, 0.3) is 10.1 Å². The number of ketones is 1. The Kier molecular flexibility index (Phi) is 210. The molecule has 0 saturated heterocycles. The molecule has 5 aromatic rings. The molecule has 0 spiro atoms. The molecule has 0 aromatic heterocycles. The third-order valence-corrected chi connectivity index (χ3v) is 8.67. The van der Waals surface area contributed by atoms with E-state index in [9.17, 15) is 22.8 Å². The quantitative estimate of drug-likeness (QED) is 0.117. The highest BCUT2D eigenvalue weighted by Gasteiger charge is 2.07. The summed E-state index contributed by atoms with van der Waals surface area (Å²) in [6.45, 7) is 85.5. The van der Waals surface area contributed by atoms with Crippen LogP contribution in [0.2, 0.25) is 0 Å². The summed E-state index contributed by atoms with van der Waals surface area (Å²) in [7, 11) is 11.1. The van der Waals surface area contributed by atoms with Gasteiger partial charge in [-0.05, 0) is 161 Å². The van der Waals surface area contributed by atoms with Gasteiger partial charge in [0.15, 0.2) is 0 Å². The van der Waals surface area contributed by atoms with E-state index >= 15 is 0 Å². The van der Waals surface area contributed by atoms with E-state index < -0.39 is 16.3 Å². The third kappa shape index (κ3) is 243. The lowest BCUT2D eigenvalue weighted by Crippen LogP contribution is -1.99. The number of hydrogen-bond acceptors (Lipinski definition) is 12. The Bertz CT molecular complexity index is 1950. The smallest absolute Gasteiger partial charge is 0.469 e. The summed E-state index contributed by atoms with van der Waals surface area (Å²) in [5.74, 6) is 0.755. The molecular weight excluding hydrogens is 1320 g/mol. The molecule has 0 fully saturated rings. The Morgan fingerprint density at radius 2 is 0.476 bits per heavy atom. The molecule has 0 amide bonds. The molecular formula is C90H185NO10S2. The Morgan fingerprint density at radius 3 is 0.505 bits per heavy atom.